The van der Waals surface area contributed by atoms with Crippen molar-refractivity contribution in [2.45, 2.75) is 70.3 Å². The minimum atomic E-state index is -0.808. The molecule has 0 saturated carbocycles. The first-order valence-electron chi connectivity index (χ1n) is 18.0. The molecular formula is C42H49N3O6. The van der Waals surface area contributed by atoms with Crippen molar-refractivity contribution >= 4 is 12.0 Å². The smallest absolute Gasteiger partial charge is 0.328 e. The van der Waals surface area contributed by atoms with Crippen molar-refractivity contribution in [1.82, 2.24) is 15.5 Å². The van der Waals surface area contributed by atoms with Crippen molar-refractivity contribution in [2.24, 2.45) is 5.92 Å². The molecule has 9 nitrogen and oxygen atoms in total. The van der Waals surface area contributed by atoms with E-state index in [1.165, 1.54) is 26.4 Å². The fourth-order valence-electron chi connectivity index (χ4n) is 7.03. The lowest BCUT2D eigenvalue weighted by Gasteiger charge is -2.43. The highest BCUT2D eigenvalue weighted by Crippen LogP contribution is 2.42. The second kappa shape index (κ2) is 17.6. The van der Waals surface area contributed by atoms with Crippen molar-refractivity contribution in [3.05, 3.63) is 131 Å². The maximum atomic E-state index is 12.9. The average molecular weight is 692 g/mol. The summed E-state index contributed by atoms with van der Waals surface area (Å²) in [5.74, 6) is -0.367. The molecule has 6 rings (SSSR count). The number of hydrogen-bond acceptors (Lipinski definition) is 7. The Kier molecular flexibility index (Phi) is 12.5. The summed E-state index contributed by atoms with van der Waals surface area (Å²) in [7, 11) is 1.32. The average Bonchev–Trinajstić information content (AvgIpc) is 3.18. The van der Waals surface area contributed by atoms with Gasteiger partial charge in [0, 0.05) is 31.0 Å². The molecule has 51 heavy (non-hydrogen) atoms. The number of carbonyl (C=O) groups is 2. The van der Waals surface area contributed by atoms with Gasteiger partial charge in [-0.15, -0.1) is 0 Å². The minimum absolute atomic E-state index is 0.00650. The molecule has 0 unspecified atom stereocenters. The number of piperidine rings is 1. The zero-order valence-electron chi connectivity index (χ0n) is 29.5. The number of methoxy groups -OCH3 is 1. The first-order chi connectivity index (χ1) is 24.9. The van der Waals surface area contributed by atoms with Gasteiger partial charge in [0.15, 0.2) is 6.29 Å². The number of benzene rings is 4. The number of likely N-dealkylation sites (tertiary alicyclic amines) is 1. The van der Waals surface area contributed by atoms with Crippen LogP contribution in [-0.4, -0.2) is 60.9 Å². The van der Waals surface area contributed by atoms with Crippen molar-refractivity contribution in [1.29, 1.82) is 0 Å². The molecule has 2 amide bonds. The van der Waals surface area contributed by atoms with Crippen molar-refractivity contribution < 1.29 is 28.9 Å². The predicted molar refractivity (Wildman–Crippen MR) is 196 cm³/mol. The normalized spacial score (nSPS) is 21.4. The number of aliphatic hydroxyl groups is 1. The molecular weight excluding hydrogens is 642 g/mol. The summed E-state index contributed by atoms with van der Waals surface area (Å²) in [6, 6.07) is 32.6. The second-order valence-corrected chi connectivity index (χ2v) is 13.6. The molecule has 2 heterocycles. The van der Waals surface area contributed by atoms with Crippen molar-refractivity contribution in [3.63, 3.8) is 0 Å². The van der Waals surface area contributed by atoms with Crippen molar-refractivity contribution in [3.8, 4) is 11.1 Å². The van der Waals surface area contributed by atoms with Crippen LogP contribution in [0.5, 0.6) is 0 Å². The topological polar surface area (TPSA) is 109 Å². The van der Waals surface area contributed by atoms with Gasteiger partial charge in [0.2, 0.25) is 0 Å². The van der Waals surface area contributed by atoms with Gasteiger partial charge in [0.05, 0.1) is 25.9 Å². The number of carbonyl (C=O) groups excluding carboxylic acids is 2. The highest BCUT2D eigenvalue weighted by molar-refractivity contribution is 5.83. The second-order valence-electron chi connectivity index (χ2n) is 13.6. The summed E-state index contributed by atoms with van der Waals surface area (Å²) in [4.78, 5) is 27.8. The van der Waals surface area contributed by atoms with E-state index < -0.39 is 24.3 Å². The van der Waals surface area contributed by atoms with Gasteiger partial charge >= 0.3 is 12.0 Å². The zero-order chi connectivity index (χ0) is 35.6. The lowest BCUT2D eigenvalue weighted by molar-refractivity contribution is -0.276. The molecule has 2 aliphatic rings. The molecule has 0 aromatic heterocycles. The lowest BCUT2D eigenvalue weighted by atomic mass is 9.89. The van der Waals surface area contributed by atoms with E-state index in [0.717, 1.165) is 58.6 Å². The van der Waals surface area contributed by atoms with Crippen LogP contribution in [0.3, 0.4) is 0 Å². The van der Waals surface area contributed by atoms with Crippen LogP contribution < -0.4 is 10.6 Å². The van der Waals surface area contributed by atoms with Crippen LogP contribution in [0.15, 0.2) is 103 Å². The summed E-state index contributed by atoms with van der Waals surface area (Å²) in [6.07, 6.45) is 3.32. The van der Waals surface area contributed by atoms with Crippen LogP contribution in [0.1, 0.15) is 66.4 Å². The van der Waals surface area contributed by atoms with Crippen LogP contribution in [0.2, 0.25) is 0 Å². The number of ether oxygens (including phenoxy) is 3. The Balaban J connectivity index is 1.15. The Morgan fingerprint density at radius 3 is 2.25 bits per heavy atom. The number of aliphatic hydroxyl groups excluding tert-OH is 1. The largest absolute Gasteiger partial charge is 0.467 e. The molecule has 0 aliphatic carbocycles. The molecule has 3 N–H and O–H groups in total. The molecule has 268 valence electrons. The van der Waals surface area contributed by atoms with Gasteiger partial charge < -0.3 is 34.9 Å². The highest BCUT2D eigenvalue weighted by atomic mass is 16.7. The predicted octanol–water partition coefficient (Wildman–Crippen LogP) is 6.71. The van der Waals surface area contributed by atoms with E-state index in [9.17, 15) is 14.7 Å². The molecule has 9 heteroatoms. The Morgan fingerprint density at radius 2 is 1.53 bits per heavy atom. The quantitative estimate of drug-likeness (QED) is 0.142. The Morgan fingerprint density at radius 1 is 0.824 bits per heavy atom. The number of amides is 2. The maximum absolute atomic E-state index is 12.9. The van der Waals surface area contributed by atoms with Gasteiger partial charge in [-0.25, -0.2) is 9.59 Å². The lowest BCUT2D eigenvalue weighted by Crippen LogP contribution is -2.47. The molecule has 2 fully saturated rings. The van der Waals surface area contributed by atoms with E-state index in [0.29, 0.717) is 6.42 Å². The minimum Gasteiger partial charge on any atom is -0.467 e. The van der Waals surface area contributed by atoms with E-state index in [-0.39, 0.29) is 31.3 Å². The summed E-state index contributed by atoms with van der Waals surface area (Å²) >= 11 is 0. The number of hydrogen-bond donors (Lipinski definition) is 3. The standard InChI is InChI=1S/C42H49N3O6/c1-29-38(27-45-21-7-4-8-22-45)50-41(51-39(29)33-19-17-31(28-46)18-20-33)36-16-10-15-35(25-36)34-14-9-13-32(23-34)26-43-42(48)44-37(40(47)49-2)24-30-11-5-3-6-12-30/h3,5-6,9-20,23,25,29,37-39,41,46H,4,7-8,21-22,24,26-28H2,1-2H3,(H2,43,44,48)/t29-,37+,38+,39+,41+/m1/s1. The highest BCUT2D eigenvalue weighted by Gasteiger charge is 2.39. The molecule has 4 aromatic rings. The monoisotopic (exact) mass is 691 g/mol. The van der Waals surface area contributed by atoms with E-state index >= 15 is 0 Å². The van der Waals surface area contributed by atoms with Gasteiger partial charge in [-0.2, -0.15) is 0 Å². The maximum Gasteiger partial charge on any atom is 0.328 e. The Hall–Kier alpha value is -4.54. The van der Waals surface area contributed by atoms with E-state index in [2.05, 4.69) is 58.9 Å². The molecule has 0 radical (unpaired) electrons. The number of nitrogens with zero attached hydrogens (tertiary/aromatic N) is 1. The van der Waals surface area contributed by atoms with Gasteiger partial charge in [-0.05, 0) is 71.4 Å². The zero-order valence-corrected chi connectivity index (χ0v) is 29.5. The van der Waals surface area contributed by atoms with Crippen LogP contribution in [0, 0.1) is 5.92 Å². The summed E-state index contributed by atoms with van der Waals surface area (Å²) in [5.41, 5.74) is 6.74. The molecule has 2 saturated heterocycles. The van der Waals surface area contributed by atoms with Crippen LogP contribution >= 0.6 is 0 Å². The fraction of sp³-hybridized carbons (Fsp3) is 0.381. The molecule has 4 aromatic carbocycles. The number of esters is 1. The van der Waals surface area contributed by atoms with Crippen molar-refractivity contribution in [2.75, 3.05) is 26.7 Å². The Bertz CT molecular complexity index is 1730. The SMILES string of the molecule is COC(=O)[C@H](Cc1ccccc1)NC(=O)NCc1cccc(-c2cccc([C@H]3O[C@@H](CN4CCCCC4)[C@@H](C)[C@@H](c4ccc(CO)cc4)O3)c2)c1. The molecule has 5 atom stereocenters. The van der Waals surface area contributed by atoms with E-state index in [1.54, 1.807) is 0 Å². The van der Waals surface area contributed by atoms with E-state index in [4.69, 9.17) is 14.2 Å². The van der Waals surface area contributed by atoms with Gasteiger partial charge in [-0.3, -0.25) is 0 Å². The summed E-state index contributed by atoms with van der Waals surface area (Å²) in [6.45, 7) is 5.55. The van der Waals surface area contributed by atoms with Gasteiger partial charge in [0.25, 0.3) is 0 Å². The van der Waals surface area contributed by atoms with Gasteiger partial charge in [0.1, 0.15) is 6.04 Å². The fourth-order valence-corrected chi connectivity index (χ4v) is 7.03. The third-order valence-electron chi connectivity index (χ3n) is 9.96. The molecule has 0 bridgehead atoms. The van der Waals surface area contributed by atoms with Crippen LogP contribution in [-0.2, 0) is 38.6 Å². The van der Waals surface area contributed by atoms with Crippen LogP contribution in [0.25, 0.3) is 11.1 Å². The number of urea groups is 1. The van der Waals surface area contributed by atoms with Crippen LogP contribution in [0.4, 0.5) is 4.79 Å². The molecule has 2 aliphatic heterocycles. The summed E-state index contributed by atoms with van der Waals surface area (Å²) in [5, 5.41) is 15.3. The first-order valence-corrected chi connectivity index (χ1v) is 18.0. The first kappa shape index (κ1) is 36.3. The number of rotatable bonds is 12. The Labute approximate surface area is 300 Å². The number of nitrogens with one attached hydrogen (secondary N) is 2. The third-order valence-corrected chi connectivity index (χ3v) is 9.96. The van der Waals surface area contributed by atoms with E-state index in [1.807, 2.05) is 66.7 Å². The third kappa shape index (κ3) is 9.62. The summed E-state index contributed by atoms with van der Waals surface area (Å²) < 4.78 is 18.5. The molecule has 0 spiro atoms. The van der Waals surface area contributed by atoms with Gasteiger partial charge in [-0.1, -0.05) is 104 Å².